The number of nitrogens with zero attached hydrogens (tertiary/aromatic N) is 3. The van der Waals surface area contributed by atoms with E-state index in [1.807, 2.05) is 39.1 Å². The fourth-order valence-electron chi connectivity index (χ4n) is 2.16. The van der Waals surface area contributed by atoms with Crippen molar-refractivity contribution in [2.75, 3.05) is 5.32 Å². The van der Waals surface area contributed by atoms with E-state index in [4.69, 9.17) is 4.74 Å². The predicted octanol–water partition coefficient (Wildman–Crippen LogP) is 4.01. The summed E-state index contributed by atoms with van der Waals surface area (Å²) in [6, 6.07) is 3.74. The Morgan fingerprint density at radius 2 is 1.82 bits per heavy atom. The molecule has 5 heteroatoms. The van der Waals surface area contributed by atoms with Crippen LogP contribution in [0, 0.1) is 6.92 Å². The maximum atomic E-state index is 5.53. The molecule has 0 aromatic carbocycles. The standard InChI is InChI=1S/C17H24N4O/c1-11(2)22-14-8-7-13(10-18-14)20-16-19-9-12(3)15(21-16)17(4,5)6/h7-11H,1-6H3,(H,19,20,21). The van der Waals surface area contributed by atoms with Gasteiger partial charge < -0.3 is 10.1 Å². The largest absolute Gasteiger partial charge is 0.475 e. The van der Waals surface area contributed by atoms with Gasteiger partial charge >= 0.3 is 0 Å². The molecule has 0 atom stereocenters. The lowest BCUT2D eigenvalue weighted by Gasteiger charge is -2.20. The Hall–Kier alpha value is -2.17. The Morgan fingerprint density at radius 3 is 2.36 bits per heavy atom. The van der Waals surface area contributed by atoms with Crippen LogP contribution in [0.1, 0.15) is 45.9 Å². The summed E-state index contributed by atoms with van der Waals surface area (Å²) in [6.07, 6.45) is 3.68. The molecule has 2 aromatic heterocycles. The molecule has 0 radical (unpaired) electrons. The van der Waals surface area contributed by atoms with Gasteiger partial charge in [-0.2, -0.15) is 0 Å². The van der Waals surface area contributed by atoms with Crippen LogP contribution in [0.5, 0.6) is 5.88 Å². The van der Waals surface area contributed by atoms with Gasteiger partial charge in [0.05, 0.1) is 23.7 Å². The van der Waals surface area contributed by atoms with Crippen molar-refractivity contribution < 1.29 is 4.74 Å². The molecular weight excluding hydrogens is 276 g/mol. The van der Waals surface area contributed by atoms with Crippen LogP contribution in [0.3, 0.4) is 0 Å². The highest BCUT2D eigenvalue weighted by Gasteiger charge is 2.19. The molecule has 5 nitrogen and oxygen atoms in total. The minimum atomic E-state index is -0.0172. The van der Waals surface area contributed by atoms with E-state index in [0.717, 1.165) is 16.9 Å². The first kappa shape index (κ1) is 16.2. The molecule has 0 aliphatic heterocycles. The van der Waals surface area contributed by atoms with Crippen molar-refractivity contribution in [3.05, 3.63) is 35.8 Å². The van der Waals surface area contributed by atoms with Crippen LogP contribution in [0.15, 0.2) is 24.5 Å². The molecule has 2 rings (SSSR count). The topological polar surface area (TPSA) is 59.9 Å². The summed E-state index contributed by atoms with van der Waals surface area (Å²) < 4.78 is 5.53. The SMILES string of the molecule is Cc1cnc(Nc2ccc(OC(C)C)nc2)nc1C(C)(C)C. The molecule has 0 unspecified atom stereocenters. The van der Waals surface area contributed by atoms with Crippen molar-refractivity contribution in [2.45, 2.75) is 53.1 Å². The molecule has 1 N–H and O–H groups in total. The van der Waals surface area contributed by atoms with E-state index in [1.165, 1.54) is 0 Å². The first-order valence-electron chi connectivity index (χ1n) is 7.49. The fraction of sp³-hybridized carbons (Fsp3) is 0.471. The highest BCUT2D eigenvalue weighted by atomic mass is 16.5. The second kappa shape index (κ2) is 6.30. The Morgan fingerprint density at radius 1 is 1.09 bits per heavy atom. The average Bonchev–Trinajstić information content (AvgIpc) is 2.41. The number of aryl methyl sites for hydroxylation is 1. The molecule has 0 amide bonds. The summed E-state index contributed by atoms with van der Waals surface area (Å²) in [4.78, 5) is 13.2. The Labute approximate surface area is 132 Å². The van der Waals surface area contributed by atoms with Crippen molar-refractivity contribution in [1.82, 2.24) is 15.0 Å². The molecule has 0 saturated heterocycles. The van der Waals surface area contributed by atoms with Crippen LogP contribution in [0.4, 0.5) is 11.6 Å². The molecule has 0 fully saturated rings. The third-order valence-corrected chi connectivity index (χ3v) is 3.03. The van der Waals surface area contributed by atoms with E-state index in [0.29, 0.717) is 11.8 Å². The predicted molar refractivity (Wildman–Crippen MR) is 88.8 cm³/mol. The number of hydrogen-bond donors (Lipinski definition) is 1. The van der Waals surface area contributed by atoms with Gasteiger partial charge in [0, 0.05) is 17.7 Å². The van der Waals surface area contributed by atoms with Crippen LogP contribution in [-0.4, -0.2) is 21.1 Å². The van der Waals surface area contributed by atoms with E-state index in [1.54, 1.807) is 6.20 Å². The van der Waals surface area contributed by atoms with E-state index in [-0.39, 0.29) is 11.5 Å². The van der Waals surface area contributed by atoms with Crippen LogP contribution in [-0.2, 0) is 5.41 Å². The molecule has 0 saturated carbocycles. The molecule has 0 aliphatic rings. The molecule has 22 heavy (non-hydrogen) atoms. The van der Waals surface area contributed by atoms with E-state index >= 15 is 0 Å². The Balaban J connectivity index is 2.17. The fourth-order valence-corrected chi connectivity index (χ4v) is 2.16. The second-order valence-electron chi connectivity index (χ2n) is 6.65. The van der Waals surface area contributed by atoms with E-state index in [9.17, 15) is 0 Å². The van der Waals surface area contributed by atoms with Crippen LogP contribution < -0.4 is 10.1 Å². The number of aromatic nitrogens is 3. The van der Waals surface area contributed by atoms with Crippen molar-refractivity contribution in [3.8, 4) is 5.88 Å². The molecule has 0 bridgehead atoms. The lowest BCUT2D eigenvalue weighted by Crippen LogP contribution is -2.17. The van der Waals surface area contributed by atoms with Crippen molar-refractivity contribution in [3.63, 3.8) is 0 Å². The van der Waals surface area contributed by atoms with Crippen LogP contribution in [0.2, 0.25) is 0 Å². The lowest BCUT2D eigenvalue weighted by atomic mass is 9.89. The summed E-state index contributed by atoms with van der Waals surface area (Å²) in [5.74, 6) is 1.19. The highest BCUT2D eigenvalue weighted by Crippen LogP contribution is 2.25. The summed E-state index contributed by atoms with van der Waals surface area (Å²) in [5.41, 5.74) is 2.95. The summed E-state index contributed by atoms with van der Waals surface area (Å²) >= 11 is 0. The molecule has 118 valence electrons. The van der Waals surface area contributed by atoms with Gasteiger partial charge in [0.1, 0.15) is 0 Å². The van der Waals surface area contributed by atoms with Crippen molar-refractivity contribution >= 4 is 11.6 Å². The highest BCUT2D eigenvalue weighted by molar-refractivity contribution is 5.52. The quantitative estimate of drug-likeness (QED) is 0.924. The van der Waals surface area contributed by atoms with Crippen LogP contribution >= 0.6 is 0 Å². The zero-order valence-corrected chi connectivity index (χ0v) is 14.1. The van der Waals surface area contributed by atoms with Gasteiger partial charge in [-0.1, -0.05) is 20.8 Å². The normalized spacial score (nSPS) is 11.6. The maximum Gasteiger partial charge on any atom is 0.227 e. The summed E-state index contributed by atoms with van der Waals surface area (Å²) in [5, 5.41) is 3.18. The smallest absolute Gasteiger partial charge is 0.227 e. The summed E-state index contributed by atoms with van der Waals surface area (Å²) in [7, 11) is 0. The summed E-state index contributed by atoms with van der Waals surface area (Å²) in [6.45, 7) is 12.4. The number of ether oxygens (including phenoxy) is 1. The zero-order valence-electron chi connectivity index (χ0n) is 14.1. The Bertz CT molecular complexity index is 630. The number of pyridine rings is 1. The lowest BCUT2D eigenvalue weighted by molar-refractivity contribution is 0.232. The van der Waals surface area contributed by atoms with Crippen LogP contribution in [0.25, 0.3) is 0 Å². The van der Waals surface area contributed by atoms with E-state index in [2.05, 4.69) is 41.0 Å². The van der Waals surface area contributed by atoms with Gasteiger partial charge in [0.25, 0.3) is 0 Å². The molecular formula is C17H24N4O. The van der Waals surface area contributed by atoms with Gasteiger partial charge in [0.15, 0.2) is 0 Å². The van der Waals surface area contributed by atoms with Crippen molar-refractivity contribution in [2.24, 2.45) is 0 Å². The van der Waals surface area contributed by atoms with Gasteiger partial charge in [-0.25, -0.2) is 15.0 Å². The van der Waals surface area contributed by atoms with E-state index < -0.39 is 0 Å². The Kier molecular flexibility index (Phi) is 4.64. The first-order chi connectivity index (χ1) is 10.3. The number of rotatable bonds is 4. The third-order valence-electron chi connectivity index (χ3n) is 3.03. The minimum absolute atomic E-state index is 0.0172. The van der Waals surface area contributed by atoms with Gasteiger partial charge in [-0.05, 0) is 32.4 Å². The maximum absolute atomic E-state index is 5.53. The third kappa shape index (κ3) is 4.16. The van der Waals surface area contributed by atoms with Crippen molar-refractivity contribution in [1.29, 1.82) is 0 Å². The monoisotopic (exact) mass is 300 g/mol. The van der Waals surface area contributed by atoms with Gasteiger partial charge in [-0.3, -0.25) is 0 Å². The average molecular weight is 300 g/mol. The number of anilines is 2. The molecule has 0 aliphatic carbocycles. The van der Waals surface area contributed by atoms with Gasteiger partial charge in [-0.15, -0.1) is 0 Å². The number of nitrogens with one attached hydrogen (secondary N) is 1. The first-order valence-corrected chi connectivity index (χ1v) is 7.49. The minimum Gasteiger partial charge on any atom is -0.475 e. The molecule has 2 heterocycles. The molecule has 2 aromatic rings. The molecule has 0 spiro atoms. The van der Waals surface area contributed by atoms with Gasteiger partial charge in [0.2, 0.25) is 11.8 Å². The number of hydrogen-bond acceptors (Lipinski definition) is 5. The zero-order chi connectivity index (χ0) is 16.3. The second-order valence-corrected chi connectivity index (χ2v) is 6.65.